The first-order valence-corrected chi connectivity index (χ1v) is 6.84. The van der Waals surface area contributed by atoms with Crippen LogP contribution in [-0.2, 0) is 6.42 Å². The van der Waals surface area contributed by atoms with Gasteiger partial charge in [-0.15, -0.1) is 11.3 Å². The van der Waals surface area contributed by atoms with Crippen LogP contribution in [0.1, 0.15) is 36.4 Å². The highest BCUT2D eigenvalue weighted by Gasteiger charge is 2.12. The van der Waals surface area contributed by atoms with Crippen LogP contribution < -0.4 is 5.73 Å². The van der Waals surface area contributed by atoms with E-state index in [1.54, 1.807) is 11.3 Å². The molecular weight excluding hydrogens is 218 g/mol. The van der Waals surface area contributed by atoms with Gasteiger partial charge in [0.2, 0.25) is 0 Å². The first-order chi connectivity index (χ1) is 7.67. The van der Waals surface area contributed by atoms with Crippen molar-refractivity contribution in [1.82, 2.24) is 9.88 Å². The van der Waals surface area contributed by atoms with Crippen molar-refractivity contribution in [2.75, 3.05) is 27.2 Å². The maximum absolute atomic E-state index is 5.78. The van der Waals surface area contributed by atoms with Gasteiger partial charge in [-0.05, 0) is 20.5 Å². The average molecular weight is 241 g/mol. The molecule has 0 amide bonds. The van der Waals surface area contributed by atoms with E-state index in [2.05, 4.69) is 36.3 Å². The van der Waals surface area contributed by atoms with E-state index in [4.69, 9.17) is 5.73 Å². The van der Waals surface area contributed by atoms with Gasteiger partial charge in [0.15, 0.2) is 0 Å². The van der Waals surface area contributed by atoms with Gasteiger partial charge in [0.25, 0.3) is 0 Å². The van der Waals surface area contributed by atoms with Crippen molar-refractivity contribution in [2.45, 2.75) is 32.1 Å². The fourth-order valence-corrected chi connectivity index (χ4v) is 2.55. The summed E-state index contributed by atoms with van der Waals surface area (Å²) >= 11 is 1.77. The number of hydrogen-bond acceptors (Lipinski definition) is 4. The molecule has 92 valence electrons. The molecule has 0 bridgehead atoms. The third-order valence-corrected chi connectivity index (χ3v) is 3.61. The van der Waals surface area contributed by atoms with Crippen LogP contribution in [0.2, 0.25) is 0 Å². The highest BCUT2D eigenvalue weighted by atomic mass is 32.1. The van der Waals surface area contributed by atoms with Crippen LogP contribution in [0, 0.1) is 0 Å². The SMILES string of the molecule is CCCC(CN)c1csc(CCN(C)C)n1. The molecule has 0 radical (unpaired) electrons. The topological polar surface area (TPSA) is 42.1 Å². The summed E-state index contributed by atoms with van der Waals surface area (Å²) in [6, 6.07) is 0. The summed E-state index contributed by atoms with van der Waals surface area (Å²) in [5.74, 6) is 0.453. The van der Waals surface area contributed by atoms with Gasteiger partial charge in [-0.2, -0.15) is 0 Å². The summed E-state index contributed by atoms with van der Waals surface area (Å²) < 4.78 is 0. The molecule has 4 heteroatoms. The first-order valence-electron chi connectivity index (χ1n) is 5.96. The molecule has 1 aromatic rings. The molecule has 1 heterocycles. The van der Waals surface area contributed by atoms with Crippen LogP contribution in [-0.4, -0.2) is 37.1 Å². The Morgan fingerprint density at radius 2 is 2.25 bits per heavy atom. The molecule has 1 rings (SSSR count). The summed E-state index contributed by atoms with van der Waals surface area (Å²) in [7, 11) is 4.18. The molecule has 0 saturated carbocycles. The zero-order valence-electron chi connectivity index (χ0n) is 10.6. The molecule has 0 aliphatic heterocycles. The van der Waals surface area contributed by atoms with Gasteiger partial charge in [0.05, 0.1) is 10.7 Å². The molecule has 1 atom stereocenters. The highest BCUT2D eigenvalue weighted by Crippen LogP contribution is 2.22. The van der Waals surface area contributed by atoms with Crippen molar-refractivity contribution in [2.24, 2.45) is 5.73 Å². The number of aromatic nitrogens is 1. The Hall–Kier alpha value is -0.450. The molecule has 0 aliphatic carbocycles. The summed E-state index contributed by atoms with van der Waals surface area (Å²) in [5.41, 5.74) is 6.98. The van der Waals surface area contributed by atoms with Gasteiger partial charge in [0, 0.05) is 30.8 Å². The van der Waals surface area contributed by atoms with Crippen molar-refractivity contribution in [1.29, 1.82) is 0 Å². The fraction of sp³-hybridized carbons (Fsp3) is 0.750. The number of likely N-dealkylation sites (N-methyl/N-ethyl adjacent to an activating group) is 1. The molecule has 1 aromatic heterocycles. The van der Waals surface area contributed by atoms with E-state index < -0.39 is 0 Å². The molecule has 3 nitrogen and oxygen atoms in total. The summed E-state index contributed by atoms with van der Waals surface area (Å²) in [6.45, 7) is 3.97. The molecule has 0 saturated heterocycles. The summed E-state index contributed by atoms with van der Waals surface area (Å²) in [5, 5.41) is 3.41. The minimum Gasteiger partial charge on any atom is -0.330 e. The van der Waals surface area contributed by atoms with Gasteiger partial charge in [-0.3, -0.25) is 0 Å². The van der Waals surface area contributed by atoms with Crippen molar-refractivity contribution in [3.05, 3.63) is 16.1 Å². The average Bonchev–Trinajstić information content (AvgIpc) is 2.71. The molecule has 1 unspecified atom stereocenters. The molecule has 0 aromatic carbocycles. The quantitative estimate of drug-likeness (QED) is 0.795. The highest BCUT2D eigenvalue weighted by molar-refractivity contribution is 7.09. The van der Waals surface area contributed by atoms with Crippen LogP contribution in [0.15, 0.2) is 5.38 Å². The van der Waals surface area contributed by atoms with Gasteiger partial charge in [-0.1, -0.05) is 13.3 Å². The second-order valence-electron chi connectivity index (χ2n) is 4.44. The van der Waals surface area contributed by atoms with Gasteiger partial charge in [0.1, 0.15) is 0 Å². The normalized spacial score (nSPS) is 13.3. The molecule has 0 fully saturated rings. The second kappa shape index (κ2) is 6.99. The number of thiazole rings is 1. The number of nitrogens with zero attached hydrogens (tertiary/aromatic N) is 2. The first kappa shape index (κ1) is 13.6. The predicted molar refractivity (Wildman–Crippen MR) is 71.1 cm³/mol. The lowest BCUT2D eigenvalue weighted by atomic mass is 10.0. The Balaban J connectivity index is 2.55. The lowest BCUT2D eigenvalue weighted by Gasteiger charge is -2.10. The number of rotatable bonds is 7. The Morgan fingerprint density at radius 1 is 1.50 bits per heavy atom. The molecule has 2 N–H and O–H groups in total. The molecule has 0 aliphatic rings. The van der Waals surface area contributed by atoms with Crippen LogP contribution in [0.4, 0.5) is 0 Å². The summed E-state index contributed by atoms with van der Waals surface area (Å²) in [6.07, 6.45) is 3.36. The largest absolute Gasteiger partial charge is 0.330 e. The maximum Gasteiger partial charge on any atom is 0.0941 e. The third kappa shape index (κ3) is 4.20. The summed E-state index contributed by atoms with van der Waals surface area (Å²) in [4.78, 5) is 6.87. The van der Waals surface area contributed by atoms with E-state index >= 15 is 0 Å². The van der Waals surface area contributed by atoms with E-state index in [0.717, 1.165) is 19.4 Å². The van der Waals surface area contributed by atoms with Crippen LogP contribution in [0.5, 0.6) is 0 Å². The van der Waals surface area contributed by atoms with Crippen molar-refractivity contribution >= 4 is 11.3 Å². The van der Waals surface area contributed by atoms with E-state index in [9.17, 15) is 0 Å². The van der Waals surface area contributed by atoms with E-state index in [0.29, 0.717) is 12.5 Å². The Bertz CT molecular complexity index is 296. The minimum atomic E-state index is 0.453. The second-order valence-corrected chi connectivity index (χ2v) is 5.38. The van der Waals surface area contributed by atoms with Crippen LogP contribution >= 0.6 is 11.3 Å². The lowest BCUT2D eigenvalue weighted by Crippen LogP contribution is -2.15. The van der Waals surface area contributed by atoms with Crippen LogP contribution in [0.25, 0.3) is 0 Å². The predicted octanol–water partition coefficient (Wildman–Crippen LogP) is 2.09. The van der Waals surface area contributed by atoms with Gasteiger partial charge in [-0.25, -0.2) is 4.98 Å². The fourth-order valence-electron chi connectivity index (χ4n) is 1.68. The Morgan fingerprint density at radius 3 is 2.81 bits per heavy atom. The molecule has 16 heavy (non-hydrogen) atoms. The lowest BCUT2D eigenvalue weighted by molar-refractivity contribution is 0.413. The van der Waals surface area contributed by atoms with E-state index in [1.807, 2.05) is 0 Å². The van der Waals surface area contributed by atoms with E-state index in [1.165, 1.54) is 17.1 Å². The minimum absolute atomic E-state index is 0.453. The van der Waals surface area contributed by atoms with Crippen LogP contribution in [0.3, 0.4) is 0 Å². The van der Waals surface area contributed by atoms with Crippen molar-refractivity contribution in [3.8, 4) is 0 Å². The number of hydrogen-bond donors (Lipinski definition) is 1. The third-order valence-electron chi connectivity index (χ3n) is 2.68. The standard InChI is InChI=1S/C12H23N3S/c1-4-5-10(8-13)11-9-16-12(14-11)6-7-15(2)3/h9-10H,4-8,13H2,1-3H3. The van der Waals surface area contributed by atoms with Crippen molar-refractivity contribution in [3.63, 3.8) is 0 Å². The van der Waals surface area contributed by atoms with Gasteiger partial charge >= 0.3 is 0 Å². The van der Waals surface area contributed by atoms with Gasteiger partial charge < -0.3 is 10.6 Å². The molecule has 0 spiro atoms. The van der Waals surface area contributed by atoms with Crippen molar-refractivity contribution < 1.29 is 0 Å². The zero-order chi connectivity index (χ0) is 12.0. The van der Waals surface area contributed by atoms with E-state index in [-0.39, 0.29) is 0 Å². The zero-order valence-corrected chi connectivity index (χ0v) is 11.4. The monoisotopic (exact) mass is 241 g/mol. The Labute approximate surface area is 103 Å². The maximum atomic E-state index is 5.78. The smallest absolute Gasteiger partial charge is 0.0941 e. The Kier molecular flexibility index (Phi) is 5.95. The molecular formula is C12H23N3S. The number of nitrogens with two attached hydrogens (primary N) is 1.